The number of hydrogen-bond acceptors (Lipinski definition) is 6. The van der Waals surface area contributed by atoms with E-state index in [0.717, 1.165) is 55.4 Å². The molecule has 9 nitrogen and oxygen atoms in total. The number of likely N-dealkylation sites (tertiary alicyclic amines) is 1. The minimum Gasteiger partial charge on any atom is -0.358 e. The van der Waals surface area contributed by atoms with Crippen LogP contribution in [0.15, 0.2) is 23.1 Å². The summed E-state index contributed by atoms with van der Waals surface area (Å²) in [6.45, 7) is 4.11. The van der Waals surface area contributed by atoms with Gasteiger partial charge in [-0.25, -0.2) is 12.7 Å². The third kappa shape index (κ3) is 5.02. The number of nitrogens with zero attached hydrogens (tertiary/aromatic N) is 4. The van der Waals surface area contributed by atoms with Gasteiger partial charge in [0.15, 0.2) is 0 Å². The fourth-order valence-corrected chi connectivity index (χ4v) is 5.93. The first kappa shape index (κ1) is 24.0. The second kappa shape index (κ2) is 9.99. The van der Waals surface area contributed by atoms with E-state index in [1.54, 1.807) is 12.1 Å². The fourth-order valence-electron chi connectivity index (χ4n) is 5.01. The molecule has 1 N–H and O–H groups in total. The smallest absolute Gasteiger partial charge is 0.250 e. The molecule has 182 valence electrons. The van der Waals surface area contributed by atoms with E-state index in [2.05, 4.69) is 15.1 Å². The lowest BCUT2D eigenvalue weighted by Gasteiger charge is -2.45. The van der Waals surface area contributed by atoms with Crippen molar-refractivity contribution in [3.8, 4) is 0 Å². The van der Waals surface area contributed by atoms with E-state index in [4.69, 9.17) is 0 Å². The van der Waals surface area contributed by atoms with E-state index in [1.807, 2.05) is 0 Å². The summed E-state index contributed by atoms with van der Waals surface area (Å²) < 4.78 is 26.6. The summed E-state index contributed by atoms with van der Waals surface area (Å²) in [7, 11) is -0.704. The predicted molar refractivity (Wildman–Crippen MR) is 128 cm³/mol. The van der Waals surface area contributed by atoms with Crippen molar-refractivity contribution >= 4 is 33.2 Å². The number of anilines is 2. The van der Waals surface area contributed by atoms with Crippen molar-refractivity contribution in [2.75, 3.05) is 63.2 Å². The van der Waals surface area contributed by atoms with Crippen LogP contribution in [0.1, 0.15) is 38.5 Å². The van der Waals surface area contributed by atoms with Gasteiger partial charge in [0.25, 0.3) is 0 Å². The van der Waals surface area contributed by atoms with Gasteiger partial charge in [-0.05, 0) is 63.4 Å². The minimum absolute atomic E-state index is 0.109. The summed E-state index contributed by atoms with van der Waals surface area (Å²) in [6, 6.07) is 4.60. The lowest BCUT2D eigenvalue weighted by molar-refractivity contribution is -0.125. The first-order valence-corrected chi connectivity index (χ1v) is 13.4. The maximum absolute atomic E-state index is 13.4. The maximum atomic E-state index is 13.4. The van der Waals surface area contributed by atoms with Gasteiger partial charge in [0.05, 0.1) is 16.3 Å². The quantitative estimate of drug-likeness (QED) is 0.635. The van der Waals surface area contributed by atoms with Crippen molar-refractivity contribution in [3.63, 3.8) is 0 Å². The largest absolute Gasteiger partial charge is 0.358 e. The van der Waals surface area contributed by atoms with Gasteiger partial charge in [0.1, 0.15) is 12.6 Å². The monoisotopic (exact) mass is 477 g/mol. The van der Waals surface area contributed by atoms with Crippen LogP contribution >= 0.6 is 0 Å². The van der Waals surface area contributed by atoms with Crippen LogP contribution in [-0.2, 0) is 19.6 Å². The van der Waals surface area contributed by atoms with Crippen LogP contribution in [-0.4, -0.2) is 88.8 Å². The Labute approximate surface area is 196 Å². The van der Waals surface area contributed by atoms with E-state index in [-0.39, 0.29) is 29.3 Å². The van der Waals surface area contributed by atoms with Crippen molar-refractivity contribution in [1.82, 2.24) is 14.5 Å². The predicted octanol–water partition coefficient (Wildman–Crippen LogP) is 1.24. The molecule has 3 heterocycles. The lowest BCUT2D eigenvalue weighted by Crippen LogP contribution is -2.57. The van der Waals surface area contributed by atoms with Gasteiger partial charge in [-0.15, -0.1) is 0 Å². The number of carbonyl (C=O) groups excluding carboxylic acids is 2. The molecule has 0 radical (unpaired) electrons. The van der Waals surface area contributed by atoms with Gasteiger partial charge < -0.3 is 15.1 Å². The molecule has 1 atom stereocenters. The van der Waals surface area contributed by atoms with Gasteiger partial charge in [-0.2, -0.15) is 0 Å². The number of piperidine rings is 2. The molecule has 33 heavy (non-hydrogen) atoms. The summed E-state index contributed by atoms with van der Waals surface area (Å²) in [5.41, 5.74) is 1.31. The molecular weight excluding hydrogens is 442 g/mol. The minimum atomic E-state index is -3.66. The summed E-state index contributed by atoms with van der Waals surface area (Å²) in [6.07, 6.45) is 6.35. The SMILES string of the molecule is CN(C)S(=O)(=O)c1ccc2c(c1)N(CC(=O)NCCN1CCCCC1)C(=O)C1CCCCN21. The second-order valence-electron chi connectivity index (χ2n) is 9.32. The zero-order valence-corrected chi connectivity index (χ0v) is 20.4. The zero-order chi connectivity index (χ0) is 23.6. The first-order chi connectivity index (χ1) is 15.8. The Morgan fingerprint density at radius 2 is 1.79 bits per heavy atom. The van der Waals surface area contributed by atoms with Gasteiger partial charge >= 0.3 is 0 Å². The molecule has 1 aromatic rings. The fraction of sp³-hybridized carbons (Fsp3) is 0.652. The number of sulfonamides is 1. The number of hydrogen-bond donors (Lipinski definition) is 1. The number of rotatable bonds is 7. The van der Waals surface area contributed by atoms with Gasteiger partial charge in [-0.3, -0.25) is 14.5 Å². The number of nitrogens with one attached hydrogen (secondary N) is 1. The van der Waals surface area contributed by atoms with Crippen LogP contribution in [0.5, 0.6) is 0 Å². The molecule has 0 bridgehead atoms. The molecule has 4 rings (SSSR count). The lowest BCUT2D eigenvalue weighted by atomic mass is 9.96. The first-order valence-electron chi connectivity index (χ1n) is 11.9. The van der Waals surface area contributed by atoms with E-state index in [9.17, 15) is 18.0 Å². The Hall–Kier alpha value is -2.17. The van der Waals surface area contributed by atoms with Crippen LogP contribution in [0.2, 0.25) is 0 Å². The topological polar surface area (TPSA) is 93.3 Å². The average Bonchev–Trinajstić information content (AvgIpc) is 2.82. The molecule has 10 heteroatoms. The standard InChI is InChI=1S/C23H35N5O4S/c1-25(2)33(31,32)18-9-10-19-21(16-18)28(23(30)20-8-4-7-14-27(19)20)17-22(29)24-11-15-26-12-5-3-6-13-26/h9-10,16,20H,3-8,11-15,17H2,1-2H3,(H,24,29). The van der Waals surface area contributed by atoms with Crippen molar-refractivity contribution in [2.24, 2.45) is 0 Å². The van der Waals surface area contributed by atoms with E-state index in [0.29, 0.717) is 12.2 Å². The maximum Gasteiger partial charge on any atom is 0.250 e. The molecule has 0 saturated carbocycles. The molecule has 0 aliphatic carbocycles. The van der Waals surface area contributed by atoms with Crippen LogP contribution in [0.3, 0.4) is 0 Å². The second-order valence-corrected chi connectivity index (χ2v) is 11.5. The van der Waals surface area contributed by atoms with E-state index >= 15 is 0 Å². The Morgan fingerprint density at radius 3 is 2.52 bits per heavy atom. The number of fused-ring (bicyclic) bond motifs is 3. The third-order valence-corrected chi connectivity index (χ3v) is 8.69. The van der Waals surface area contributed by atoms with Crippen LogP contribution in [0.25, 0.3) is 0 Å². The highest BCUT2D eigenvalue weighted by Crippen LogP contribution is 2.40. The van der Waals surface area contributed by atoms with Crippen LogP contribution in [0, 0.1) is 0 Å². The normalized spacial score (nSPS) is 21.7. The van der Waals surface area contributed by atoms with Crippen molar-refractivity contribution in [2.45, 2.75) is 49.5 Å². The summed E-state index contributed by atoms with van der Waals surface area (Å²) in [5, 5.41) is 2.95. The Balaban J connectivity index is 1.54. The molecule has 2 amide bonds. The third-order valence-electron chi connectivity index (χ3n) is 6.88. The molecule has 2 saturated heterocycles. The number of amides is 2. The van der Waals surface area contributed by atoms with Gasteiger partial charge in [-0.1, -0.05) is 6.42 Å². The highest BCUT2D eigenvalue weighted by Gasteiger charge is 2.40. The Morgan fingerprint density at radius 1 is 1.06 bits per heavy atom. The Bertz CT molecular complexity index is 991. The molecule has 1 aromatic carbocycles. The highest BCUT2D eigenvalue weighted by molar-refractivity contribution is 7.89. The summed E-state index contributed by atoms with van der Waals surface area (Å²) in [4.78, 5) is 32.2. The summed E-state index contributed by atoms with van der Waals surface area (Å²) in [5.74, 6) is -0.357. The van der Waals surface area contributed by atoms with Crippen molar-refractivity contribution in [1.29, 1.82) is 0 Å². The average molecular weight is 478 g/mol. The van der Waals surface area contributed by atoms with Crippen LogP contribution in [0.4, 0.5) is 11.4 Å². The molecular formula is C23H35N5O4S. The molecule has 1 unspecified atom stereocenters. The number of carbonyl (C=O) groups is 2. The molecule has 3 aliphatic rings. The van der Waals surface area contributed by atoms with E-state index in [1.165, 1.54) is 44.3 Å². The van der Waals surface area contributed by atoms with Gasteiger partial charge in [0, 0.05) is 33.7 Å². The van der Waals surface area contributed by atoms with Crippen LogP contribution < -0.4 is 15.1 Å². The molecule has 2 fully saturated rings. The zero-order valence-electron chi connectivity index (χ0n) is 19.6. The Kier molecular flexibility index (Phi) is 7.25. The highest BCUT2D eigenvalue weighted by atomic mass is 32.2. The summed E-state index contributed by atoms with van der Waals surface area (Å²) >= 11 is 0. The number of benzene rings is 1. The van der Waals surface area contributed by atoms with E-state index < -0.39 is 10.0 Å². The van der Waals surface area contributed by atoms with Crippen molar-refractivity contribution < 1.29 is 18.0 Å². The molecule has 0 aromatic heterocycles. The van der Waals surface area contributed by atoms with Crippen molar-refractivity contribution in [3.05, 3.63) is 18.2 Å². The molecule has 3 aliphatic heterocycles. The molecule has 0 spiro atoms. The van der Waals surface area contributed by atoms with Gasteiger partial charge in [0.2, 0.25) is 21.8 Å².